The average Bonchev–Trinajstić information content (AvgIpc) is 3.34. The van der Waals surface area contributed by atoms with Crippen LogP contribution < -0.4 is 0 Å². The fourth-order valence-electron chi connectivity index (χ4n) is 8.57. The lowest BCUT2D eigenvalue weighted by atomic mass is 9.93. The first-order valence-electron chi connectivity index (χ1n) is 22.9. The van der Waals surface area contributed by atoms with Crippen LogP contribution in [0.1, 0.15) is 48.6 Å². The number of hydrogen-bond donors (Lipinski definition) is 0. The van der Waals surface area contributed by atoms with Crippen LogP contribution in [0.3, 0.4) is 0 Å². The molecule has 2 aliphatic rings. The molecule has 7 rings (SSSR count). The second-order valence-electron chi connectivity index (χ2n) is 16.8. The van der Waals surface area contributed by atoms with Crippen LogP contribution in [0.5, 0.6) is 0 Å². The van der Waals surface area contributed by atoms with E-state index in [1.165, 1.54) is 20.8 Å². The first-order valence-corrected chi connectivity index (χ1v) is 22.9. The minimum Gasteiger partial charge on any atom is -0.463 e. The smallest absolute Gasteiger partial charge is 0.303 e. The van der Waals surface area contributed by atoms with E-state index in [1.807, 2.05) is 152 Å². The van der Waals surface area contributed by atoms with Gasteiger partial charge in [-0.3, -0.25) is 19.3 Å². The van der Waals surface area contributed by atoms with E-state index in [0.29, 0.717) is 13.1 Å². The van der Waals surface area contributed by atoms with E-state index >= 15 is 0 Å². The van der Waals surface area contributed by atoms with Crippen LogP contribution in [0.4, 0.5) is 0 Å². The summed E-state index contributed by atoms with van der Waals surface area (Å²) in [6, 6.07) is 47.9. The molecule has 2 fully saturated rings. The van der Waals surface area contributed by atoms with Gasteiger partial charge in [-0.15, -0.1) is 0 Å². The lowest BCUT2D eigenvalue weighted by Gasteiger charge is -2.51. The maximum absolute atomic E-state index is 13.3. The number of benzene rings is 5. The molecule has 360 valence electrons. The summed E-state index contributed by atoms with van der Waals surface area (Å²) in [5, 5.41) is 0. The summed E-state index contributed by atoms with van der Waals surface area (Å²) in [5.74, 6) is -1.89. The fourth-order valence-corrected chi connectivity index (χ4v) is 8.57. The minimum absolute atomic E-state index is 0.0193. The summed E-state index contributed by atoms with van der Waals surface area (Å²) in [7, 11) is 1.55. The van der Waals surface area contributed by atoms with Gasteiger partial charge in [-0.05, 0) is 27.8 Å². The second kappa shape index (κ2) is 25.5. The van der Waals surface area contributed by atoms with Gasteiger partial charge in [0.2, 0.25) is 0 Å². The summed E-state index contributed by atoms with van der Waals surface area (Å²) in [4.78, 5) is 40.8. The van der Waals surface area contributed by atoms with Crippen molar-refractivity contribution in [2.75, 3.05) is 20.3 Å². The van der Waals surface area contributed by atoms with Crippen molar-refractivity contribution in [2.45, 2.75) is 115 Å². The Bertz CT molecular complexity index is 2230. The van der Waals surface area contributed by atoms with Crippen molar-refractivity contribution < 1.29 is 61.8 Å². The summed E-state index contributed by atoms with van der Waals surface area (Å²) in [5.41, 5.74) is 4.63. The number of rotatable bonds is 22. The second-order valence-corrected chi connectivity index (χ2v) is 16.8. The monoisotopic (exact) mass is 931 g/mol. The highest BCUT2D eigenvalue weighted by atomic mass is 16.8. The third kappa shape index (κ3) is 14.4. The molecule has 14 heteroatoms. The van der Waals surface area contributed by atoms with Gasteiger partial charge >= 0.3 is 17.9 Å². The number of methoxy groups -OCH3 is 1. The van der Waals surface area contributed by atoms with Crippen molar-refractivity contribution in [1.29, 1.82) is 0 Å². The molecule has 5 aromatic rings. The number of nitrogens with zero attached hydrogens (tertiary/aromatic N) is 1. The Kier molecular flexibility index (Phi) is 18.8. The van der Waals surface area contributed by atoms with Gasteiger partial charge in [-0.2, -0.15) is 0 Å². The average molecular weight is 932 g/mol. The van der Waals surface area contributed by atoms with Gasteiger partial charge in [0.25, 0.3) is 0 Å². The lowest BCUT2D eigenvalue weighted by molar-refractivity contribution is -0.362. The fraction of sp³-hybridized carbons (Fsp3) is 0.389. The number of carbonyl (C=O) groups is 3. The van der Waals surface area contributed by atoms with Crippen molar-refractivity contribution in [3.8, 4) is 0 Å². The zero-order chi connectivity index (χ0) is 47.7. The van der Waals surface area contributed by atoms with Crippen LogP contribution in [0.25, 0.3) is 0 Å². The molecule has 2 heterocycles. The summed E-state index contributed by atoms with van der Waals surface area (Å²) in [6.07, 6.45) is -9.56. The van der Waals surface area contributed by atoms with E-state index in [9.17, 15) is 14.4 Å². The van der Waals surface area contributed by atoms with Crippen molar-refractivity contribution in [3.63, 3.8) is 0 Å². The molecule has 0 aliphatic carbocycles. The Balaban J connectivity index is 1.36. The molecule has 0 bridgehead atoms. The highest BCUT2D eigenvalue weighted by Crippen LogP contribution is 2.37. The predicted octanol–water partition coefficient (Wildman–Crippen LogP) is 7.35. The van der Waals surface area contributed by atoms with Gasteiger partial charge in [0.15, 0.2) is 24.8 Å². The van der Waals surface area contributed by atoms with Crippen LogP contribution in [-0.2, 0) is 94.7 Å². The zero-order valence-electron chi connectivity index (χ0n) is 38.9. The van der Waals surface area contributed by atoms with E-state index in [0.717, 1.165) is 27.8 Å². The van der Waals surface area contributed by atoms with Gasteiger partial charge in [-0.25, -0.2) is 0 Å². The summed E-state index contributed by atoms with van der Waals surface area (Å²) >= 11 is 0. The van der Waals surface area contributed by atoms with E-state index in [2.05, 4.69) is 4.90 Å². The zero-order valence-corrected chi connectivity index (χ0v) is 38.9. The molecule has 0 amide bonds. The minimum atomic E-state index is -1.30. The number of esters is 3. The molecule has 0 radical (unpaired) electrons. The SMILES string of the molecule is CO[C@H]1O[C@H](COCc2ccccc2)[C@@H](O[C@@H]2O[C@H](COC(C)=O)[C@@H](OC(C)=O)[C@H](OC(C)=O)[C@H]2N(Cc2ccccc2)Cc2ccccc2)[C@H](OCc2ccccc2)[C@H]1OCc1ccccc1. The van der Waals surface area contributed by atoms with Crippen LogP contribution in [-0.4, -0.2) is 104 Å². The van der Waals surface area contributed by atoms with E-state index < -0.39 is 79.3 Å². The lowest BCUT2D eigenvalue weighted by Crippen LogP contribution is -2.69. The Morgan fingerprint density at radius 1 is 0.471 bits per heavy atom. The van der Waals surface area contributed by atoms with Gasteiger partial charge in [-0.1, -0.05) is 152 Å². The predicted molar refractivity (Wildman–Crippen MR) is 249 cm³/mol. The maximum Gasteiger partial charge on any atom is 0.303 e. The third-order valence-electron chi connectivity index (χ3n) is 11.6. The molecular formula is C54H61NO13. The highest BCUT2D eigenvalue weighted by molar-refractivity contribution is 5.68. The highest BCUT2D eigenvalue weighted by Gasteiger charge is 2.56. The molecule has 68 heavy (non-hydrogen) atoms. The standard InChI is InChI=1S/C54H61NO13/c1-37(56)61-36-46-48(64-38(2)57)50(65-39(3)58)47(55(30-40-20-10-5-11-21-40)31-41-22-12-6-13-23-41)53(66-46)68-49-45(35-60-32-42-24-14-7-15-25-42)67-54(59-4)52(63-34-44-28-18-9-19-29-44)51(49)62-33-43-26-16-8-17-27-43/h5-29,45-54H,30-36H2,1-4H3/t45-,46-,47-,48-,49-,50-,51+,52-,53+,54+/m1/s1. The number of ether oxygens (including phenoxy) is 10. The summed E-state index contributed by atoms with van der Waals surface area (Å²) < 4.78 is 65.1. The van der Waals surface area contributed by atoms with Crippen molar-refractivity contribution in [2.24, 2.45) is 0 Å². The van der Waals surface area contributed by atoms with Gasteiger partial charge in [0.05, 0.1) is 26.4 Å². The normalized spacial score (nSPS) is 24.8. The molecule has 10 atom stereocenters. The molecular weight excluding hydrogens is 871 g/mol. The first-order chi connectivity index (χ1) is 33.1. The number of hydrogen-bond acceptors (Lipinski definition) is 14. The van der Waals surface area contributed by atoms with Gasteiger partial charge in [0.1, 0.15) is 43.2 Å². The van der Waals surface area contributed by atoms with Crippen molar-refractivity contribution in [1.82, 2.24) is 4.90 Å². The maximum atomic E-state index is 13.3. The molecule has 14 nitrogen and oxygen atoms in total. The molecule has 2 saturated heterocycles. The molecule has 0 saturated carbocycles. The largest absolute Gasteiger partial charge is 0.463 e. The molecule has 0 N–H and O–H groups in total. The van der Waals surface area contributed by atoms with Crippen molar-refractivity contribution in [3.05, 3.63) is 179 Å². The van der Waals surface area contributed by atoms with E-state index in [1.54, 1.807) is 7.11 Å². The van der Waals surface area contributed by atoms with E-state index in [4.69, 9.17) is 47.4 Å². The topological polar surface area (TPSA) is 147 Å². The van der Waals surface area contributed by atoms with E-state index in [-0.39, 0.29) is 33.0 Å². The van der Waals surface area contributed by atoms with Crippen LogP contribution in [0.15, 0.2) is 152 Å². The molecule has 0 unspecified atom stereocenters. The molecule has 0 spiro atoms. The Labute approximate surface area is 398 Å². The quantitative estimate of drug-likeness (QED) is 0.0503. The molecule has 5 aromatic carbocycles. The van der Waals surface area contributed by atoms with Crippen LogP contribution >= 0.6 is 0 Å². The first kappa shape index (κ1) is 50.1. The van der Waals surface area contributed by atoms with Crippen LogP contribution in [0, 0.1) is 0 Å². The summed E-state index contributed by atoms with van der Waals surface area (Å²) in [6.45, 7) is 4.72. The van der Waals surface area contributed by atoms with Gasteiger partial charge < -0.3 is 47.4 Å². The molecule has 0 aromatic heterocycles. The van der Waals surface area contributed by atoms with Gasteiger partial charge in [0, 0.05) is 41.0 Å². The van der Waals surface area contributed by atoms with Crippen LogP contribution in [0.2, 0.25) is 0 Å². The number of carbonyl (C=O) groups excluding carboxylic acids is 3. The Hall–Kier alpha value is -5.81. The molecule has 2 aliphatic heterocycles. The third-order valence-corrected chi connectivity index (χ3v) is 11.6. The Morgan fingerprint density at radius 3 is 1.37 bits per heavy atom. The van der Waals surface area contributed by atoms with Crippen molar-refractivity contribution >= 4 is 17.9 Å². The Morgan fingerprint density at radius 2 is 0.897 bits per heavy atom.